The number of nitrogens with zero attached hydrogens (tertiary/aromatic N) is 3. The SMILES string of the molecule is CN(C)C(c1nc(C(=O)NCc2ccc(F)cc2)c(O)c(=O)n1C)C1CCOCC1. The number of amides is 1. The fraction of sp³-hybridized carbons (Fsp3) is 0.476. The molecule has 0 bridgehead atoms. The van der Waals surface area contributed by atoms with E-state index in [0.717, 1.165) is 12.8 Å². The van der Waals surface area contributed by atoms with Crippen LogP contribution < -0.4 is 10.9 Å². The van der Waals surface area contributed by atoms with E-state index in [1.54, 1.807) is 19.2 Å². The van der Waals surface area contributed by atoms with Crippen molar-refractivity contribution in [1.82, 2.24) is 19.8 Å². The number of carbonyl (C=O) groups is 1. The number of hydrogen-bond acceptors (Lipinski definition) is 6. The molecule has 1 aromatic carbocycles. The Labute approximate surface area is 174 Å². The molecular formula is C21H27FN4O4. The Balaban J connectivity index is 1.91. The number of ether oxygens (including phenoxy) is 1. The highest BCUT2D eigenvalue weighted by atomic mass is 19.1. The maximum absolute atomic E-state index is 13.0. The number of aromatic hydroxyl groups is 1. The molecule has 2 heterocycles. The first-order chi connectivity index (χ1) is 14.3. The van der Waals surface area contributed by atoms with Gasteiger partial charge in [-0.15, -0.1) is 0 Å². The van der Waals surface area contributed by atoms with Crippen LogP contribution in [0.3, 0.4) is 0 Å². The van der Waals surface area contributed by atoms with Crippen LogP contribution in [0.2, 0.25) is 0 Å². The van der Waals surface area contributed by atoms with Crippen LogP contribution in [0.1, 0.15) is 40.8 Å². The van der Waals surface area contributed by atoms with Gasteiger partial charge in [0.2, 0.25) is 5.75 Å². The van der Waals surface area contributed by atoms with Crippen LogP contribution >= 0.6 is 0 Å². The molecule has 162 valence electrons. The number of hydrogen-bond donors (Lipinski definition) is 2. The van der Waals surface area contributed by atoms with E-state index in [0.29, 0.717) is 24.6 Å². The second kappa shape index (κ2) is 9.36. The lowest BCUT2D eigenvalue weighted by molar-refractivity contribution is 0.0332. The molecule has 1 unspecified atom stereocenters. The quantitative estimate of drug-likeness (QED) is 0.740. The zero-order valence-corrected chi connectivity index (χ0v) is 17.4. The van der Waals surface area contributed by atoms with E-state index in [1.807, 2.05) is 19.0 Å². The van der Waals surface area contributed by atoms with Gasteiger partial charge in [0.15, 0.2) is 5.69 Å². The highest BCUT2D eigenvalue weighted by molar-refractivity contribution is 5.94. The van der Waals surface area contributed by atoms with Crippen LogP contribution in [0.4, 0.5) is 4.39 Å². The largest absolute Gasteiger partial charge is 0.501 e. The second-order valence-electron chi connectivity index (χ2n) is 7.70. The molecule has 1 atom stereocenters. The molecular weight excluding hydrogens is 391 g/mol. The van der Waals surface area contributed by atoms with Crippen LogP contribution in [0.15, 0.2) is 29.1 Å². The molecule has 0 spiro atoms. The second-order valence-corrected chi connectivity index (χ2v) is 7.70. The van der Waals surface area contributed by atoms with Gasteiger partial charge in [0, 0.05) is 26.8 Å². The Morgan fingerprint density at radius 1 is 1.33 bits per heavy atom. The number of carbonyl (C=O) groups excluding carboxylic acids is 1. The molecule has 2 N–H and O–H groups in total. The van der Waals surface area contributed by atoms with E-state index in [9.17, 15) is 19.1 Å². The fourth-order valence-corrected chi connectivity index (χ4v) is 3.79. The van der Waals surface area contributed by atoms with Crippen LogP contribution in [-0.2, 0) is 18.3 Å². The summed E-state index contributed by atoms with van der Waals surface area (Å²) < 4.78 is 19.8. The summed E-state index contributed by atoms with van der Waals surface area (Å²) in [5, 5.41) is 12.9. The molecule has 0 radical (unpaired) electrons. The lowest BCUT2D eigenvalue weighted by Gasteiger charge is -2.35. The minimum Gasteiger partial charge on any atom is -0.501 e. The van der Waals surface area contributed by atoms with Gasteiger partial charge in [-0.1, -0.05) is 12.1 Å². The Morgan fingerprint density at radius 2 is 1.97 bits per heavy atom. The summed E-state index contributed by atoms with van der Waals surface area (Å²) in [6.07, 6.45) is 1.62. The minimum absolute atomic E-state index is 0.113. The molecule has 8 nitrogen and oxygen atoms in total. The van der Waals surface area contributed by atoms with Crippen molar-refractivity contribution < 1.29 is 19.0 Å². The first-order valence-corrected chi connectivity index (χ1v) is 9.86. The van der Waals surface area contributed by atoms with Gasteiger partial charge in [0.05, 0.1) is 6.04 Å². The van der Waals surface area contributed by atoms with Crippen LogP contribution in [-0.4, -0.2) is 52.8 Å². The number of benzene rings is 1. The highest BCUT2D eigenvalue weighted by Gasteiger charge is 2.32. The average Bonchev–Trinajstić information content (AvgIpc) is 2.74. The van der Waals surface area contributed by atoms with E-state index in [2.05, 4.69) is 10.3 Å². The topological polar surface area (TPSA) is 96.7 Å². The first kappa shape index (κ1) is 21.9. The summed E-state index contributed by atoms with van der Waals surface area (Å²) in [4.78, 5) is 31.7. The van der Waals surface area contributed by atoms with Crippen LogP contribution in [0, 0.1) is 11.7 Å². The predicted octanol–water partition coefficient (Wildman–Crippen LogP) is 1.58. The Kier molecular flexibility index (Phi) is 6.84. The predicted molar refractivity (Wildman–Crippen MR) is 109 cm³/mol. The van der Waals surface area contributed by atoms with E-state index >= 15 is 0 Å². The molecule has 1 aromatic heterocycles. The Morgan fingerprint density at radius 3 is 2.57 bits per heavy atom. The van der Waals surface area contributed by atoms with Crippen molar-refractivity contribution in [1.29, 1.82) is 0 Å². The van der Waals surface area contributed by atoms with Crippen molar-refractivity contribution in [3.8, 4) is 5.75 Å². The normalized spacial score (nSPS) is 15.9. The lowest BCUT2D eigenvalue weighted by atomic mass is 9.90. The smallest absolute Gasteiger partial charge is 0.296 e. The van der Waals surface area contributed by atoms with Gasteiger partial charge in [0.25, 0.3) is 11.5 Å². The van der Waals surface area contributed by atoms with E-state index in [4.69, 9.17) is 4.74 Å². The van der Waals surface area contributed by atoms with Gasteiger partial charge in [-0.05, 0) is 50.6 Å². The molecule has 1 aliphatic heterocycles. The van der Waals surface area contributed by atoms with E-state index < -0.39 is 17.2 Å². The zero-order valence-electron chi connectivity index (χ0n) is 17.4. The first-order valence-electron chi connectivity index (χ1n) is 9.86. The average molecular weight is 418 g/mol. The molecule has 30 heavy (non-hydrogen) atoms. The fourth-order valence-electron chi connectivity index (χ4n) is 3.79. The van der Waals surface area contributed by atoms with Crippen LogP contribution in [0.5, 0.6) is 5.75 Å². The summed E-state index contributed by atoms with van der Waals surface area (Å²) in [6, 6.07) is 5.47. The van der Waals surface area contributed by atoms with Gasteiger partial charge >= 0.3 is 0 Å². The molecule has 1 saturated heterocycles. The Bertz CT molecular complexity index is 953. The van der Waals surface area contributed by atoms with Crippen molar-refractivity contribution in [3.63, 3.8) is 0 Å². The third kappa shape index (κ3) is 4.68. The number of aromatic nitrogens is 2. The van der Waals surface area contributed by atoms with Gasteiger partial charge < -0.3 is 15.2 Å². The maximum Gasteiger partial charge on any atom is 0.296 e. The number of nitrogens with one attached hydrogen (secondary N) is 1. The number of rotatable bonds is 6. The third-order valence-corrected chi connectivity index (χ3v) is 5.42. The van der Waals surface area contributed by atoms with E-state index in [1.165, 1.54) is 16.7 Å². The summed E-state index contributed by atoms with van der Waals surface area (Å²) in [6.45, 7) is 1.37. The van der Waals surface area contributed by atoms with Crippen molar-refractivity contribution in [2.45, 2.75) is 25.4 Å². The lowest BCUT2D eigenvalue weighted by Crippen LogP contribution is -2.38. The van der Waals surface area contributed by atoms with Crippen molar-refractivity contribution in [2.75, 3.05) is 27.3 Å². The van der Waals surface area contributed by atoms with Gasteiger partial charge in [0.1, 0.15) is 11.6 Å². The van der Waals surface area contributed by atoms with Gasteiger partial charge in [-0.2, -0.15) is 0 Å². The van der Waals surface area contributed by atoms with E-state index in [-0.39, 0.29) is 30.0 Å². The maximum atomic E-state index is 13.0. The van der Waals surface area contributed by atoms with Crippen molar-refractivity contribution >= 4 is 5.91 Å². The van der Waals surface area contributed by atoms with Gasteiger partial charge in [-0.25, -0.2) is 9.37 Å². The molecule has 0 aliphatic carbocycles. The van der Waals surface area contributed by atoms with Crippen molar-refractivity contribution in [3.05, 3.63) is 57.5 Å². The van der Waals surface area contributed by atoms with Crippen LogP contribution in [0.25, 0.3) is 0 Å². The molecule has 2 aromatic rings. The minimum atomic E-state index is -0.692. The zero-order chi connectivity index (χ0) is 21.8. The standard InChI is InChI=1S/C21H27FN4O4/c1-25(2)17(14-8-10-30-11-9-14)19-24-16(18(27)21(29)26(19)3)20(28)23-12-13-4-6-15(22)7-5-13/h4-7,14,17,27H,8-12H2,1-3H3,(H,23,28). The summed E-state index contributed by atoms with van der Waals surface area (Å²) in [5.74, 6) is -1.11. The third-order valence-electron chi connectivity index (χ3n) is 5.42. The molecule has 1 aliphatic rings. The Hall–Kier alpha value is -2.78. The van der Waals surface area contributed by atoms with Gasteiger partial charge in [-0.3, -0.25) is 19.1 Å². The summed E-state index contributed by atoms with van der Waals surface area (Å²) in [7, 11) is 5.33. The number of halogens is 1. The molecule has 3 rings (SSSR count). The summed E-state index contributed by atoms with van der Waals surface area (Å²) in [5.41, 5.74) is -0.304. The highest BCUT2D eigenvalue weighted by Crippen LogP contribution is 2.32. The molecule has 9 heteroatoms. The van der Waals surface area contributed by atoms with Crippen molar-refractivity contribution in [2.24, 2.45) is 13.0 Å². The summed E-state index contributed by atoms with van der Waals surface area (Å²) >= 11 is 0. The molecule has 0 saturated carbocycles. The molecule has 1 fully saturated rings. The monoisotopic (exact) mass is 418 g/mol. The molecule has 1 amide bonds.